The van der Waals surface area contributed by atoms with Crippen molar-refractivity contribution in [2.45, 2.75) is 32.1 Å². The van der Waals surface area contributed by atoms with Gasteiger partial charge in [-0.15, -0.1) is 0 Å². The molecule has 0 saturated carbocycles. The third-order valence-electron chi connectivity index (χ3n) is 5.40. The zero-order chi connectivity index (χ0) is 17.7. The average Bonchev–Trinajstić information content (AvgIpc) is 3.41. The monoisotopic (exact) mass is 369 g/mol. The number of carbonyl (C=O) groups excluding carboxylic acids is 1. The predicted molar refractivity (Wildman–Crippen MR) is 97.0 cm³/mol. The Bertz CT molecular complexity index is 959. The molecule has 26 heavy (non-hydrogen) atoms. The topological polar surface area (TPSA) is 60.5 Å². The van der Waals surface area contributed by atoms with E-state index < -0.39 is 0 Å². The summed E-state index contributed by atoms with van der Waals surface area (Å²) in [5.41, 5.74) is 2.61. The fourth-order valence-electron chi connectivity index (χ4n) is 3.94. The molecule has 3 aromatic rings. The van der Waals surface area contributed by atoms with Crippen molar-refractivity contribution >= 4 is 17.2 Å². The summed E-state index contributed by atoms with van der Waals surface area (Å²) in [5, 5.41) is 4.21. The Balaban J connectivity index is 1.40. The zero-order valence-electron chi connectivity index (χ0n) is 14.5. The first-order valence-corrected chi connectivity index (χ1v) is 9.64. The molecule has 3 aromatic heterocycles. The van der Waals surface area contributed by atoms with Crippen LogP contribution in [0.5, 0.6) is 0 Å². The number of likely N-dealkylation sites (tertiary alicyclic amines) is 1. The standard InChI is InChI=1S/C19H19N3O3S/c1-13-15(2-6-24-13)18(23)21-5-4-19(11-21)12-22-16(14-3-7-26-10-14)8-20-17(22)9-25-19/h2-3,6-8,10H,4-5,9,11-12H2,1H3. The third-order valence-corrected chi connectivity index (χ3v) is 6.08. The number of rotatable bonds is 2. The highest BCUT2D eigenvalue weighted by molar-refractivity contribution is 7.08. The number of aromatic nitrogens is 2. The molecule has 0 aliphatic carbocycles. The number of aryl methyl sites for hydroxylation is 1. The van der Waals surface area contributed by atoms with Gasteiger partial charge in [0.25, 0.3) is 5.91 Å². The minimum Gasteiger partial charge on any atom is -0.469 e. The van der Waals surface area contributed by atoms with Crippen LogP contribution in [0.15, 0.2) is 39.8 Å². The summed E-state index contributed by atoms with van der Waals surface area (Å²) < 4.78 is 13.8. The molecule has 1 amide bonds. The van der Waals surface area contributed by atoms with Gasteiger partial charge in [0.1, 0.15) is 23.8 Å². The first-order valence-electron chi connectivity index (χ1n) is 8.70. The molecule has 6 nitrogen and oxygen atoms in total. The Labute approximate surface area is 155 Å². The van der Waals surface area contributed by atoms with Crippen LogP contribution in [0.4, 0.5) is 0 Å². The fourth-order valence-corrected chi connectivity index (χ4v) is 4.59. The maximum Gasteiger partial charge on any atom is 0.257 e. The number of ether oxygens (including phenoxy) is 1. The van der Waals surface area contributed by atoms with Gasteiger partial charge in [-0.1, -0.05) is 0 Å². The lowest BCUT2D eigenvalue weighted by Crippen LogP contribution is -2.45. The van der Waals surface area contributed by atoms with Crippen molar-refractivity contribution in [3.63, 3.8) is 0 Å². The van der Waals surface area contributed by atoms with Crippen molar-refractivity contribution < 1.29 is 13.9 Å². The predicted octanol–water partition coefficient (Wildman–Crippen LogP) is 3.33. The molecule has 0 aromatic carbocycles. The Morgan fingerprint density at radius 2 is 2.27 bits per heavy atom. The van der Waals surface area contributed by atoms with Gasteiger partial charge in [0.2, 0.25) is 0 Å². The van der Waals surface area contributed by atoms with Crippen molar-refractivity contribution in [2.24, 2.45) is 0 Å². The molecule has 1 spiro atoms. The SMILES string of the molecule is Cc1occc1C(=O)N1CCC2(C1)Cn1c(-c3ccsc3)cnc1CO2. The Hall–Kier alpha value is -2.38. The Morgan fingerprint density at radius 3 is 3.04 bits per heavy atom. The van der Waals surface area contributed by atoms with E-state index in [4.69, 9.17) is 9.15 Å². The minimum absolute atomic E-state index is 0.0196. The zero-order valence-corrected chi connectivity index (χ0v) is 15.3. The van der Waals surface area contributed by atoms with E-state index in [0.717, 1.165) is 24.5 Å². The third kappa shape index (κ3) is 2.42. The number of fused-ring (bicyclic) bond motifs is 1. The number of hydrogen-bond acceptors (Lipinski definition) is 5. The van der Waals surface area contributed by atoms with E-state index >= 15 is 0 Å². The van der Waals surface area contributed by atoms with E-state index in [1.54, 1.807) is 23.7 Å². The maximum absolute atomic E-state index is 12.8. The highest BCUT2D eigenvalue weighted by Gasteiger charge is 2.45. The van der Waals surface area contributed by atoms with E-state index in [9.17, 15) is 4.79 Å². The summed E-state index contributed by atoms with van der Waals surface area (Å²) >= 11 is 1.68. The summed E-state index contributed by atoms with van der Waals surface area (Å²) in [6, 6.07) is 3.86. The number of nitrogens with zero attached hydrogens (tertiary/aromatic N) is 3. The van der Waals surface area contributed by atoms with Crippen molar-refractivity contribution in [1.29, 1.82) is 0 Å². The molecule has 0 bridgehead atoms. The van der Waals surface area contributed by atoms with Gasteiger partial charge in [0.15, 0.2) is 0 Å². The Kier molecular flexibility index (Phi) is 3.55. The maximum atomic E-state index is 12.8. The van der Waals surface area contributed by atoms with Crippen LogP contribution in [0.25, 0.3) is 11.3 Å². The molecule has 0 N–H and O–H groups in total. The second kappa shape index (κ2) is 5.82. The van der Waals surface area contributed by atoms with Gasteiger partial charge in [-0.05, 0) is 30.9 Å². The molecule has 7 heteroatoms. The van der Waals surface area contributed by atoms with Crippen LogP contribution in [0.1, 0.15) is 28.4 Å². The smallest absolute Gasteiger partial charge is 0.257 e. The molecular weight excluding hydrogens is 350 g/mol. The highest BCUT2D eigenvalue weighted by atomic mass is 32.1. The van der Waals surface area contributed by atoms with Crippen molar-refractivity contribution in [1.82, 2.24) is 14.5 Å². The van der Waals surface area contributed by atoms with Crippen LogP contribution in [0.3, 0.4) is 0 Å². The molecule has 5 heterocycles. The van der Waals surface area contributed by atoms with E-state index in [1.165, 1.54) is 5.56 Å². The van der Waals surface area contributed by atoms with Crippen LogP contribution in [0.2, 0.25) is 0 Å². The van der Waals surface area contributed by atoms with E-state index in [2.05, 4.69) is 26.4 Å². The molecule has 1 fully saturated rings. The molecule has 1 atom stereocenters. The van der Waals surface area contributed by atoms with Crippen LogP contribution < -0.4 is 0 Å². The van der Waals surface area contributed by atoms with Crippen LogP contribution in [0, 0.1) is 6.92 Å². The second-order valence-corrected chi connectivity index (χ2v) is 7.78. The molecule has 1 unspecified atom stereocenters. The summed E-state index contributed by atoms with van der Waals surface area (Å²) in [6.45, 7) is 4.32. The van der Waals surface area contributed by atoms with Crippen molar-refractivity contribution in [2.75, 3.05) is 13.1 Å². The normalized spacial score (nSPS) is 22.1. The van der Waals surface area contributed by atoms with E-state index in [-0.39, 0.29) is 11.5 Å². The first kappa shape index (κ1) is 15.8. The number of hydrogen-bond donors (Lipinski definition) is 0. The van der Waals surface area contributed by atoms with Crippen molar-refractivity contribution in [3.8, 4) is 11.3 Å². The van der Waals surface area contributed by atoms with Gasteiger partial charge < -0.3 is 18.6 Å². The molecule has 134 valence electrons. The van der Waals surface area contributed by atoms with Gasteiger partial charge in [-0.25, -0.2) is 4.98 Å². The molecule has 1 saturated heterocycles. The van der Waals surface area contributed by atoms with Crippen LogP contribution >= 0.6 is 11.3 Å². The molecule has 0 radical (unpaired) electrons. The van der Waals surface area contributed by atoms with E-state index in [0.29, 0.717) is 31.0 Å². The minimum atomic E-state index is -0.341. The molecular formula is C19H19N3O3S. The lowest BCUT2D eigenvalue weighted by molar-refractivity contribution is -0.0804. The quantitative estimate of drug-likeness (QED) is 0.695. The number of furan rings is 1. The lowest BCUT2D eigenvalue weighted by atomic mass is 10.0. The highest BCUT2D eigenvalue weighted by Crippen LogP contribution is 2.36. The largest absolute Gasteiger partial charge is 0.469 e. The number of carbonyl (C=O) groups is 1. The average molecular weight is 369 g/mol. The number of thiophene rings is 1. The Morgan fingerprint density at radius 1 is 1.35 bits per heavy atom. The summed E-state index contributed by atoms with van der Waals surface area (Å²) in [5.74, 6) is 1.63. The van der Waals surface area contributed by atoms with Gasteiger partial charge in [-0.2, -0.15) is 11.3 Å². The molecule has 2 aliphatic rings. The molecule has 2 aliphatic heterocycles. The fraction of sp³-hybridized carbons (Fsp3) is 0.368. The second-order valence-electron chi connectivity index (χ2n) is 7.00. The van der Waals surface area contributed by atoms with Gasteiger partial charge in [0.05, 0.1) is 36.8 Å². The summed E-state index contributed by atoms with van der Waals surface area (Å²) in [6.07, 6.45) is 4.32. The van der Waals surface area contributed by atoms with Crippen LogP contribution in [-0.4, -0.2) is 39.0 Å². The van der Waals surface area contributed by atoms with Gasteiger partial charge in [0, 0.05) is 17.5 Å². The molecule has 5 rings (SSSR count). The van der Waals surface area contributed by atoms with E-state index in [1.807, 2.05) is 18.0 Å². The van der Waals surface area contributed by atoms with Crippen LogP contribution in [-0.2, 0) is 17.9 Å². The summed E-state index contributed by atoms with van der Waals surface area (Å²) in [4.78, 5) is 19.2. The number of amides is 1. The lowest BCUT2D eigenvalue weighted by Gasteiger charge is -2.35. The summed E-state index contributed by atoms with van der Waals surface area (Å²) in [7, 11) is 0. The number of imidazole rings is 1. The van der Waals surface area contributed by atoms with Gasteiger partial charge >= 0.3 is 0 Å². The van der Waals surface area contributed by atoms with Gasteiger partial charge in [-0.3, -0.25) is 4.79 Å². The first-order chi connectivity index (χ1) is 12.7. The van der Waals surface area contributed by atoms with Crippen molar-refractivity contribution in [3.05, 3.63) is 52.5 Å².